The molecule has 0 amide bonds. The molecule has 1 unspecified atom stereocenters. The molecule has 7 atom stereocenters. The van der Waals surface area contributed by atoms with Crippen LogP contribution in [0.5, 0.6) is 0 Å². The van der Waals surface area contributed by atoms with Crippen molar-refractivity contribution in [2.45, 2.75) is 83.2 Å². The van der Waals surface area contributed by atoms with E-state index in [1.165, 1.54) is 38.5 Å². The lowest BCUT2D eigenvalue weighted by Crippen LogP contribution is -2.63. The van der Waals surface area contributed by atoms with E-state index in [2.05, 4.69) is 6.92 Å². The first-order valence-electron chi connectivity index (χ1n) is 12.8. The largest absolute Gasteiger partial charge is 0.396 e. The summed E-state index contributed by atoms with van der Waals surface area (Å²) in [4.78, 5) is 0. The zero-order chi connectivity index (χ0) is 20.4. The maximum atomic E-state index is 9.89. The Morgan fingerprint density at radius 3 is 2.37 bits per heavy atom. The van der Waals surface area contributed by atoms with E-state index < -0.39 is 5.79 Å². The number of rotatable bonds is 2. The van der Waals surface area contributed by atoms with Crippen LogP contribution in [0.15, 0.2) is 0 Å². The van der Waals surface area contributed by atoms with E-state index in [9.17, 15) is 5.11 Å². The zero-order valence-electron chi connectivity index (χ0n) is 18.7. The van der Waals surface area contributed by atoms with Crippen LogP contribution in [0.25, 0.3) is 0 Å². The molecule has 30 heavy (non-hydrogen) atoms. The summed E-state index contributed by atoms with van der Waals surface area (Å²) in [7, 11) is 0. The SMILES string of the molecule is C[C@]12CCCCC1[C@@H](CCO)C[C@@H]1[C@@H]2CC[C@]23C4OCCOC2(CC[C@@H]13)OCCO4. The van der Waals surface area contributed by atoms with Crippen molar-refractivity contribution in [3.05, 3.63) is 0 Å². The van der Waals surface area contributed by atoms with E-state index in [0.29, 0.717) is 56.2 Å². The highest BCUT2D eigenvalue weighted by molar-refractivity contribution is 5.16. The van der Waals surface area contributed by atoms with Crippen LogP contribution in [0.4, 0.5) is 0 Å². The van der Waals surface area contributed by atoms with Crippen LogP contribution in [0.3, 0.4) is 0 Å². The van der Waals surface area contributed by atoms with Crippen molar-refractivity contribution in [3.8, 4) is 0 Å². The fourth-order valence-corrected chi connectivity index (χ4v) is 9.74. The number of aliphatic hydroxyl groups is 1. The number of hydrogen-bond acceptors (Lipinski definition) is 5. The number of fused-ring (bicyclic) bond motifs is 4. The van der Waals surface area contributed by atoms with Gasteiger partial charge < -0.3 is 24.1 Å². The Kier molecular flexibility index (Phi) is 5.04. The van der Waals surface area contributed by atoms with Crippen LogP contribution in [0.1, 0.15) is 71.1 Å². The van der Waals surface area contributed by atoms with Crippen LogP contribution in [0.2, 0.25) is 0 Å². The molecule has 4 saturated carbocycles. The van der Waals surface area contributed by atoms with Crippen LogP contribution >= 0.6 is 0 Å². The van der Waals surface area contributed by atoms with E-state index in [4.69, 9.17) is 18.9 Å². The van der Waals surface area contributed by atoms with Gasteiger partial charge in [0.2, 0.25) is 0 Å². The normalized spacial score (nSPS) is 55.4. The molecular formula is C25H40O5. The first-order chi connectivity index (χ1) is 14.6. The van der Waals surface area contributed by atoms with Gasteiger partial charge in [-0.1, -0.05) is 19.8 Å². The minimum atomic E-state index is -0.517. The maximum absolute atomic E-state index is 9.89. The average Bonchev–Trinajstić information content (AvgIpc) is 2.92. The summed E-state index contributed by atoms with van der Waals surface area (Å²) in [6.45, 7) is 5.36. The van der Waals surface area contributed by atoms with E-state index in [1.807, 2.05) is 0 Å². The first-order valence-corrected chi connectivity index (χ1v) is 12.8. The van der Waals surface area contributed by atoms with Crippen LogP contribution in [0, 0.1) is 40.4 Å². The molecule has 2 aliphatic heterocycles. The maximum Gasteiger partial charge on any atom is 0.179 e. The van der Waals surface area contributed by atoms with Crippen LogP contribution < -0.4 is 0 Å². The number of ether oxygens (including phenoxy) is 4. The van der Waals surface area contributed by atoms with Gasteiger partial charge in [-0.05, 0) is 80.0 Å². The van der Waals surface area contributed by atoms with E-state index in [-0.39, 0.29) is 11.7 Å². The molecule has 6 aliphatic rings. The molecule has 2 bridgehead atoms. The molecule has 0 radical (unpaired) electrons. The summed E-state index contributed by atoms with van der Waals surface area (Å²) in [6.07, 6.45) is 12.0. The lowest BCUT2D eigenvalue weighted by Gasteiger charge is -2.64. The minimum Gasteiger partial charge on any atom is -0.396 e. The second-order valence-electron chi connectivity index (χ2n) is 11.4. The van der Waals surface area contributed by atoms with Gasteiger partial charge >= 0.3 is 0 Å². The minimum absolute atomic E-state index is 0.164. The van der Waals surface area contributed by atoms with E-state index in [0.717, 1.165) is 37.5 Å². The van der Waals surface area contributed by atoms with Crippen molar-refractivity contribution in [1.82, 2.24) is 0 Å². The Balaban J connectivity index is 1.41. The lowest BCUT2D eigenvalue weighted by atomic mass is 9.42. The standard InChI is InChI=1S/C25H40O5/c1-23-8-3-2-4-19(23)17(7-11-26)16-18-20(23)5-9-24-21(18)6-10-25(24)29-14-12-27-22(24)28-13-15-30-25/h17-22,26H,2-16H2,1H3/t17-,18+,19?,20-,21-,22?,23-,24-,25?/m0/s1. The van der Waals surface area contributed by atoms with E-state index >= 15 is 0 Å². The summed E-state index contributed by atoms with van der Waals surface area (Å²) < 4.78 is 25.8. The zero-order valence-corrected chi connectivity index (χ0v) is 18.7. The van der Waals surface area contributed by atoms with Gasteiger partial charge in [0.05, 0.1) is 31.8 Å². The number of hydrogen-bond donors (Lipinski definition) is 1. The van der Waals surface area contributed by atoms with Crippen LogP contribution in [-0.4, -0.2) is 50.2 Å². The smallest absolute Gasteiger partial charge is 0.179 e. The molecular weight excluding hydrogens is 380 g/mol. The van der Waals surface area contributed by atoms with Crippen molar-refractivity contribution in [1.29, 1.82) is 0 Å². The third-order valence-electron chi connectivity index (χ3n) is 10.7. The quantitative estimate of drug-likeness (QED) is 0.728. The molecule has 1 N–H and O–H groups in total. The third kappa shape index (κ3) is 2.59. The second kappa shape index (κ2) is 7.41. The van der Waals surface area contributed by atoms with Gasteiger partial charge in [-0.25, -0.2) is 0 Å². The molecule has 0 aromatic carbocycles. The van der Waals surface area contributed by atoms with Crippen molar-refractivity contribution < 1.29 is 24.1 Å². The monoisotopic (exact) mass is 420 g/mol. The second-order valence-corrected chi connectivity index (χ2v) is 11.4. The Bertz CT molecular complexity index is 641. The van der Waals surface area contributed by atoms with Gasteiger partial charge in [-0.2, -0.15) is 0 Å². The molecule has 0 aromatic rings. The molecule has 1 spiro atoms. The third-order valence-corrected chi connectivity index (χ3v) is 10.7. The van der Waals surface area contributed by atoms with Gasteiger partial charge in [0.15, 0.2) is 12.1 Å². The molecule has 2 saturated heterocycles. The van der Waals surface area contributed by atoms with Gasteiger partial charge in [0.25, 0.3) is 0 Å². The fraction of sp³-hybridized carbons (Fsp3) is 1.00. The summed E-state index contributed by atoms with van der Waals surface area (Å²) in [5.41, 5.74) is 0.264. The highest BCUT2D eigenvalue weighted by atomic mass is 16.8. The van der Waals surface area contributed by atoms with Gasteiger partial charge in [-0.15, -0.1) is 0 Å². The highest BCUT2D eigenvalue weighted by Crippen LogP contribution is 2.72. The van der Waals surface area contributed by atoms with Gasteiger partial charge in [0, 0.05) is 13.0 Å². The highest BCUT2D eigenvalue weighted by Gasteiger charge is 2.73. The van der Waals surface area contributed by atoms with Crippen molar-refractivity contribution in [3.63, 3.8) is 0 Å². The Labute approximate surface area is 181 Å². The fourth-order valence-electron chi connectivity index (χ4n) is 9.74. The molecule has 2 heterocycles. The van der Waals surface area contributed by atoms with E-state index in [1.54, 1.807) is 0 Å². The predicted molar refractivity (Wildman–Crippen MR) is 112 cm³/mol. The van der Waals surface area contributed by atoms with Gasteiger partial charge in [-0.3, -0.25) is 0 Å². The Hall–Kier alpha value is -0.200. The average molecular weight is 421 g/mol. The summed E-state index contributed by atoms with van der Waals surface area (Å²) in [6, 6.07) is 0. The lowest BCUT2D eigenvalue weighted by molar-refractivity contribution is -0.320. The summed E-state index contributed by atoms with van der Waals surface area (Å²) >= 11 is 0. The summed E-state index contributed by atoms with van der Waals surface area (Å²) in [5, 5.41) is 9.89. The Morgan fingerprint density at radius 2 is 1.60 bits per heavy atom. The first kappa shape index (κ1) is 20.4. The summed E-state index contributed by atoms with van der Waals surface area (Å²) in [5.74, 6) is 2.93. The molecule has 5 nitrogen and oxygen atoms in total. The molecule has 4 aliphatic carbocycles. The molecule has 0 aromatic heterocycles. The molecule has 5 heteroatoms. The van der Waals surface area contributed by atoms with Crippen molar-refractivity contribution in [2.24, 2.45) is 40.4 Å². The topological polar surface area (TPSA) is 57.2 Å². The molecule has 170 valence electrons. The van der Waals surface area contributed by atoms with Crippen molar-refractivity contribution >= 4 is 0 Å². The van der Waals surface area contributed by atoms with Gasteiger partial charge in [0.1, 0.15) is 0 Å². The molecule has 6 fully saturated rings. The predicted octanol–water partition coefficient (Wildman–Crippen LogP) is 4.12. The van der Waals surface area contributed by atoms with Crippen molar-refractivity contribution in [2.75, 3.05) is 33.0 Å². The molecule has 6 rings (SSSR count). The number of aliphatic hydroxyl groups excluding tert-OH is 1. The Morgan fingerprint density at radius 1 is 0.833 bits per heavy atom. The van der Waals surface area contributed by atoms with Crippen LogP contribution in [-0.2, 0) is 18.9 Å².